The molecule has 0 bridgehead atoms. The number of aromatic nitrogens is 4. The van der Waals surface area contributed by atoms with E-state index in [1.54, 1.807) is 36.9 Å². The average molecular weight is 788 g/mol. The molecule has 2 aromatic heterocycles. The van der Waals surface area contributed by atoms with Crippen molar-refractivity contribution in [1.29, 1.82) is 0 Å². The average Bonchev–Trinajstić information content (AvgIpc) is 3.96. The van der Waals surface area contributed by atoms with Gasteiger partial charge in [-0.1, -0.05) is 121 Å². The second kappa shape index (κ2) is 23.9. The van der Waals surface area contributed by atoms with Crippen molar-refractivity contribution in [3.05, 3.63) is 219 Å². The first-order valence-electron chi connectivity index (χ1n) is 15.7. The summed E-state index contributed by atoms with van der Waals surface area (Å²) in [6, 6.07) is 68.6. The van der Waals surface area contributed by atoms with Crippen molar-refractivity contribution in [2.24, 2.45) is 0 Å². The van der Waals surface area contributed by atoms with Gasteiger partial charge in [-0.05, 0) is 72.8 Å². The standard InChI is InChI=1S/2C18H15P.2C3H3N2.2Cu/c2*1-4-10-16(11-5-1)19(17-12-6-2-7-13-17)18-14-8-3-9-15-18;2*1-2-4-5-3-1;;/h2*1-15H;2*1-3H;;/q;;2*-1;2*+1/p+2. The third-order valence-electron chi connectivity index (χ3n) is 7.12. The number of hydrogen-bond donors (Lipinski definition) is 0. The SMILES string of the molecule is [Cu+].[Cu+].c1ccc([PH+](c2ccccc2)c2ccccc2)cc1.c1ccc([PH+](c2ccccc2)c2ccccc2)cc1.c1cn[n-]c1.c1cn[n-]c1. The molecule has 0 unspecified atom stereocenters. The van der Waals surface area contributed by atoms with E-state index in [1.165, 1.54) is 31.8 Å². The molecule has 0 N–H and O–H groups in total. The van der Waals surface area contributed by atoms with Crippen LogP contribution in [0, 0.1) is 0 Å². The summed E-state index contributed by atoms with van der Waals surface area (Å²) < 4.78 is 0. The van der Waals surface area contributed by atoms with Gasteiger partial charge in [-0.15, -0.1) is 0 Å². The van der Waals surface area contributed by atoms with Crippen molar-refractivity contribution < 1.29 is 34.1 Å². The normalized spacial score (nSPS) is 9.64. The van der Waals surface area contributed by atoms with Crippen LogP contribution in [0.1, 0.15) is 0 Å². The largest absolute Gasteiger partial charge is 1.00 e. The minimum atomic E-state index is -0.877. The van der Waals surface area contributed by atoms with Gasteiger partial charge in [-0.25, -0.2) is 0 Å². The Balaban J connectivity index is 0.000000205. The van der Waals surface area contributed by atoms with Crippen LogP contribution >= 0.6 is 15.8 Å². The van der Waals surface area contributed by atoms with E-state index in [2.05, 4.69) is 202 Å². The van der Waals surface area contributed by atoms with Gasteiger partial charge in [-0.3, -0.25) is 0 Å². The fraction of sp³-hybridized carbons (Fsp3) is 0. The van der Waals surface area contributed by atoms with E-state index in [-0.39, 0.29) is 34.1 Å². The van der Waals surface area contributed by atoms with E-state index in [4.69, 9.17) is 0 Å². The molecule has 2 heterocycles. The van der Waals surface area contributed by atoms with Gasteiger partial charge in [-0.2, -0.15) is 12.4 Å². The Morgan fingerprint density at radius 3 is 0.600 bits per heavy atom. The Bertz CT molecular complexity index is 1540. The van der Waals surface area contributed by atoms with Crippen molar-refractivity contribution in [2.45, 2.75) is 0 Å². The maximum Gasteiger partial charge on any atom is 1.00 e. The van der Waals surface area contributed by atoms with Gasteiger partial charge in [0.15, 0.2) is 0 Å². The molecular formula is C42H38Cu2N4P2+2. The first-order chi connectivity index (χ1) is 23.9. The molecule has 8 heteroatoms. The molecule has 0 aliphatic carbocycles. The van der Waals surface area contributed by atoms with Gasteiger partial charge < -0.3 is 20.4 Å². The van der Waals surface area contributed by atoms with Crippen LogP contribution in [-0.2, 0) is 34.1 Å². The van der Waals surface area contributed by atoms with Crippen LogP contribution in [0.2, 0.25) is 0 Å². The van der Waals surface area contributed by atoms with E-state index in [1.807, 2.05) is 0 Å². The van der Waals surface area contributed by atoms with Crippen LogP contribution in [0.4, 0.5) is 0 Å². The molecule has 0 aliphatic heterocycles. The van der Waals surface area contributed by atoms with Crippen LogP contribution in [0.25, 0.3) is 0 Å². The van der Waals surface area contributed by atoms with Gasteiger partial charge in [0.25, 0.3) is 0 Å². The summed E-state index contributed by atoms with van der Waals surface area (Å²) in [6.45, 7) is 0. The third-order valence-corrected chi connectivity index (χ3v) is 12.6. The van der Waals surface area contributed by atoms with E-state index >= 15 is 0 Å². The first-order valence-corrected chi connectivity index (χ1v) is 18.7. The fourth-order valence-electron chi connectivity index (χ4n) is 5.01. The molecule has 0 radical (unpaired) electrons. The quantitative estimate of drug-likeness (QED) is 0.144. The zero-order chi connectivity index (χ0) is 32.9. The summed E-state index contributed by atoms with van der Waals surface area (Å²) in [5, 5.41) is 22.5. The Labute approximate surface area is 319 Å². The number of nitrogens with zero attached hydrogens (tertiary/aromatic N) is 4. The molecule has 0 spiro atoms. The van der Waals surface area contributed by atoms with Crippen LogP contribution in [0.5, 0.6) is 0 Å². The number of benzene rings is 6. The zero-order valence-corrected chi connectivity index (χ0v) is 31.1. The Morgan fingerprint density at radius 2 is 0.480 bits per heavy atom. The molecule has 0 saturated heterocycles. The smallest absolute Gasteiger partial charge is 0.582 e. The Hall–Kier alpha value is -4.36. The van der Waals surface area contributed by atoms with Crippen molar-refractivity contribution >= 4 is 47.7 Å². The van der Waals surface area contributed by atoms with Gasteiger partial charge in [0.05, 0.1) is 15.8 Å². The fourth-order valence-corrected chi connectivity index (χ4v) is 10.2. The van der Waals surface area contributed by atoms with Crippen LogP contribution in [0.15, 0.2) is 219 Å². The molecule has 0 fully saturated rings. The van der Waals surface area contributed by atoms with Gasteiger partial charge >= 0.3 is 34.1 Å². The van der Waals surface area contributed by atoms with E-state index < -0.39 is 15.8 Å². The van der Waals surface area contributed by atoms with E-state index in [9.17, 15) is 0 Å². The molecule has 0 amide bonds. The Kier molecular flexibility index (Phi) is 19.2. The third kappa shape index (κ3) is 13.2. The van der Waals surface area contributed by atoms with E-state index in [0.717, 1.165) is 0 Å². The molecule has 4 nitrogen and oxygen atoms in total. The summed E-state index contributed by atoms with van der Waals surface area (Å²) in [5.74, 6) is 0. The zero-order valence-electron chi connectivity index (χ0n) is 27.2. The maximum absolute atomic E-state index is 3.47. The molecule has 0 saturated carbocycles. The number of hydrogen-bond acceptors (Lipinski definition) is 2. The monoisotopic (exact) mass is 786 g/mol. The molecule has 0 atom stereocenters. The van der Waals surface area contributed by atoms with Crippen molar-refractivity contribution in [2.75, 3.05) is 0 Å². The van der Waals surface area contributed by atoms with Crippen LogP contribution < -0.4 is 42.0 Å². The van der Waals surface area contributed by atoms with Crippen LogP contribution in [-0.4, -0.2) is 10.2 Å². The summed E-state index contributed by atoms with van der Waals surface area (Å²) >= 11 is 0. The van der Waals surface area contributed by atoms with Crippen LogP contribution in [0.3, 0.4) is 0 Å². The minimum absolute atomic E-state index is 0. The second-order valence-electron chi connectivity index (χ2n) is 10.4. The minimum Gasteiger partial charge on any atom is -0.582 e. The van der Waals surface area contributed by atoms with Gasteiger partial charge in [0.2, 0.25) is 0 Å². The molecule has 8 rings (SSSR count). The maximum atomic E-state index is 3.47. The molecule has 8 aromatic rings. The summed E-state index contributed by atoms with van der Waals surface area (Å²) in [4.78, 5) is 0. The van der Waals surface area contributed by atoms with Crippen molar-refractivity contribution in [3.63, 3.8) is 0 Å². The van der Waals surface area contributed by atoms with Crippen molar-refractivity contribution in [3.8, 4) is 0 Å². The van der Waals surface area contributed by atoms with Gasteiger partial charge in [0, 0.05) is 12.4 Å². The van der Waals surface area contributed by atoms with Gasteiger partial charge in [0.1, 0.15) is 31.8 Å². The van der Waals surface area contributed by atoms with Crippen molar-refractivity contribution in [1.82, 2.24) is 20.4 Å². The molecule has 6 aromatic carbocycles. The summed E-state index contributed by atoms with van der Waals surface area (Å²) in [7, 11) is -1.75. The van der Waals surface area contributed by atoms with E-state index in [0.29, 0.717) is 0 Å². The molecule has 256 valence electrons. The Morgan fingerprint density at radius 1 is 0.280 bits per heavy atom. The first kappa shape index (κ1) is 40.1. The predicted octanol–water partition coefficient (Wildman–Crippen LogP) is 6.43. The molecule has 50 heavy (non-hydrogen) atoms. The predicted molar refractivity (Wildman–Crippen MR) is 208 cm³/mol. The molecular weight excluding hydrogens is 750 g/mol. The molecule has 0 aliphatic rings. The second-order valence-corrected chi connectivity index (χ2v) is 15.4. The number of rotatable bonds is 6. The summed E-state index contributed by atoms with van der Waals surface area (Å²) in [6.07, 6.45) is 6.56. The topological polar surface area (TPSA) is 54.0 Å². The summed E-state index contributed by atoms with van der Waals surface area (Å²) in [5.41, 5.74) is 0.